The molecule has 4 aromatic rings. The molecule has 302 valence electrons. The predicted molar refractivity (Wildman–Crippen MR) is 213 cm³/mol. The molecule has 7 rings (SSSR count). The number of hydrogen-bond acceptors (Lipinski definition) is 10. The fourth-order valence-corrected chi connectivity index (χ4v) is 10.6. The summed E-state index contributed by atoms with van der Waals surface area (Å²) in [5.74, 6) is 1.28. The third kappa shape index (κ3) is 7.11. The van der Waals surface area contributed by atoms with Gasteiger partial charge >= 0.3 is 5.69 Å². The zero-order chi connectivity index (χ0) is 40.8. The highest BCUT2D eigenvalue weighted by molar-refractivity contribution is 7.44. The number of benzene rings is 3. The Kier molecular flexibility index (Phi) is 11.3. The summed E-state index contributed by atoms with van der Waals surface area (Å²) in [5.41, 5.74) is -4.92. The van der Waals surface area contributed by atoms with Crippen LogP contribution in [-0.2, 0) is 24.1 Å². The standard InChI is InChI=1S/C43H50FN4O8P/c1-28(2)48(29(3)4)57(53-23-11-22-45)56-40-24-36(47-25-30(5)37(49)46-39(47)50)54-38(40)42(27-41(42,44)26-40)55-43(31-12-9-8-10-13-31,32-14-18-34(51-6)19-15-32)33-16-20-35(52-7)21-17-33/h8-10,12-21,25,28-29,36,38H,11,23-24,26-27H2,1-7H3,(H,46,49,50)/t36-,38+,40-,41+,42+,57?/m1/s1. The van der Waals surface area contributed by atoms with Gasteiger partial charge in [-0.3, -0.25) is 14.3 Å². The van der Waals surface area contributed by atoms with E-state index in [2.05, 4.69) is 15.7 Å². The summed E-state index contributed by atoms with van der Waals surface area (Å²) in [7, 11) is 1.31. The smallest absolute Gasteiger partial charge is 0.330 e. The number of nitriles is 1. The zero-order valence-electron chi connectivity index (χ0n) is 33.4. The molecule has 0 bridgehead atoms. The van der Waals surface area contributed by atoms with Crippen molar-refractivity contribution < 1.29 is 32.4 Å². The number of alkyl halides is 1. The maximum Gasteiger partial charge on any atom is 0.330 e. The summed E-state index contributed by atoms with van der Waals surface area (Å²) in [5, 5.41) is 9.42. The molecule has 3 aliphatic rings. The van der Waals surface area contributed by atoms with Gasteiger partial charge < -0.3 is 28.0 Å². The van der Waals surface area contributed by atoms with E-state index in [0.29, 0.717) is 17.1 Å². The average Bonchev–Trinajstić information content (AvgIpc) is 3.48. The van der Waals surface area contributed by atoms with E-state index >= 15 is 4.39 Å². The van der Waals surface area contributed by atoms with Gasteiger partial charge in [0.15, 0.2) is 0 Å². The molecule has 0 amide bonds. The maximum atomic E-state index is 18.1. The Morgan fingerprint density at radius 3 is 2.07 bits per heavy atom. The first kappa shape index (κ1) is 40.8. The van der Waals surface area contributed by atoms with Crippen molar-refractivity contribution in [3.8, 4) is 17.6 Å². The van der Waals surface area contributed by atoms with E-state index in [1.165, 1.54) is 10.8 Å². The van der Waals surface area contributed by atoms with Gasteiger partial charge in [0.2, 0.25) is 0 Å². The second kappa shape index (κ2) is 15.7. The van der Waals surface area contributed by atoms with Crippen molar-refractivity contribution in [2.75, 3.05) is 20.8 Å². The first-order valence-electron chi connectivity index (χ1n) is 19.2. The molecule has 14 heteroatoms. The lowest BCUT2D eigenvalue weighted by Gasteiger charge is -2.43. The molecule has 0 radical (unpaired) electrons. The van der Waals surface area contributed by atoms with Crippen LogP contribution < -0.4 is 20.7 Å². The molecular formula is C43H50FN4O8P. The first-order chi connectivity index (χ1) is 27.3. The summed E-state index contributed by atoms with van der Waals surface area (Å²) < 4.78 is 60.7. The van der Waals surface area contributed by atoms with Gasteiger partial charge in [-0.2, -0.15) is 5.26 Å². The summed E-state index contributed by atoms with van der Waals surface area (Å²) in [4.78, 5) is 28.3. The first-order valence-corrected chi connectivity index (χ1v) is 20.4. The van der Waals surface area contributed by atoms with Gasteiger partial charge in [-0.05, 0) is 75.6 Å². The normalized spacial score (nSPS) is 25.6. The average molecular weight is 801 g/mol. The monoisotopic (exact) mass is 800 g/mol. The number of aromatic amines is 1. The Hall–Kier alpha value is -4.41. The number of ether oxygens (including phenoxy) is 4. The van der Waals surface area contributed by atoms with Crippen LogP contribution in [0.4, 0.5) is 4.39 Å². The third-order valence-electron chi connectivity index (χ3n) is 11.4. The van der Waals surface area contributed by atoms with Crippen molar-refractivity contribution in [1.29, 1.82) is 5.26 Å². The number of H-pyrrole nitrogens is 1. The fraction of sp³-hybridized carbons (Fsp3) is 0.465. The molecule has 3 fully saturated rings. The minimum Gasteiger partial charge on any atom is -0.497 e. The van der Waals surface area contributed by atoms with Crippen molar-refractivity contribution in [2.24, 2.45) is 0 Å². The highest BCUT2D eigenvalue weighted by Gasteiger charge is 2.88. The van der Waals surface area contributed by atoms with Crippen LogP contribution in [0.3, 0.4) is 0 Å². The molecule has 1 unspecified atom stereocenters. The molecular weight excluding hydrogens is 750 g/mol. The number of hydrogen-bond donors (Lipinski definition) is 1. The van der Waals surface area contributed by atoms with Gasteiger partial charge in [-0.25, -0.2) is 13.9 Å². The van der Waals surface area contributed by atoms with E-state index in [0.717, 1.165) is 16.7 Å². The van der Waals surface area contributed by atoms with E-state index in [9.17, 15) is 14.9 Å². The van der Waals surface area contributed by atoms with Crippen molar-refractivity contribution in [1.82, 2.24) is 14.2 Å². The molecule has 1 saturated heterocycles. The Morgan fingerprint density at radius 2 is 1.53 bits per heavy atom. The Labute approximate surface area is 333 Å². The van der Waals surface area contributed by atoms with E-state index in [1.54, 1.807) is 21.1 Å². The van der Waals surface area contributed by atoms with E-state index in [1.807, 2.05) is 107 Å². The SMILES string of the molecule is COc1ccc(C(O[C@]23C[C@@]2(F)C[C@]2(OP(OCCC#N)N(C(C)C)C(C)C)C[C@H](n4cc(C)c(=O)[nH]c4=O)O[C@@H]23)(c2ccccc2)c2ccc(OC)cc2)cc1. The van der Waals surface area contributed by atoms with Crippen LogP contribution in [0.1, 0.15) is 81.9 Å². The maximum absolute atomic E-state index is 18.1. The van der Waals surface area contributed by atoms with Gasteiger partial charge in [0.1, 0.15) is 46.3 Å². The predicted octanol–water partition coefficient (Wildman–Crippen LogP) is 7.44. The van der Waals surface area contributed by atoms with Crippen LogP contribution in [0.2, 0.25) is 0 Å². The quantitative estimate of drug-likeness (QED) is 0.0692. The summed E-state index contributed by atoms with van der Waals surface area (Å²) >= 11 is 0. The Bertz CT molecular complexity index is 2160. The van der Waals surface area contributed by atoms with E-state index in [4.69, 9.17) is 28.0 Å². The van der Waals surface area contributed by atoms with E-state index in [-0.39, 0.29) is 44.4 Å². The lowest BCUT2D eigenvalue weighted by molar-refractivity contribution is -0.167. The van der Waals surface area contributed by atoms with Gasteiger partial charge in [0, 0.05) is 43.1 Å². The minimum absolute atomic E-state index is 0.00572. The minimum atomic E-state index is -1.92. The number of nitrogens with zero attached hydrogens (tertiary/aromatic N) is 3. The van der Waals surface area contributed by atoms with Crippen LogP contribution >= 0.6 is 8.53 Å². The highest BCUT2D eigenvalue weighted by Crippen LogP contribution is 2.76. The molecule has 0 spiro atoms. The topological polar surface area (TPSA) is 137 Å². The van der Waals surface area contributed by atoms with Crippen LogP contribution in [0.5, 0.6) is 11.5 Å². The van der Waals surface area contributed by atoms with Gasteiger partial charge in [-0.15, -0.1) is 0 Å². The van der Waals surface area contributed by atoms with Crippen LogP contribution in [0, 0.1) is 18.3 Å². The number of nitrogens with one attached hydrogen (secondary N) is 1. The second-order valence-corrected chi connectivity index (χ2v) is 17.0. The zero-order valence-corrected chi connectivity index (χ0v) is 34.3. The largest absolute Gasteiger partial charge is 0.497 e. The molecule has 2 saturated carbocycles. The molecule has 1 N–H and O–H groups in total. The van der Waals surface area contributed by atoms with Crippen LogP contribution in [0.15, 0.2) is 94.6 Å². The van der Waals surface area contributed by atoms with Crippen molar-refractivity contribution in [3.05, 3.63) is 128 Å². The van der Waals surface area contributed by atoms with Gasteiger partial charge in [-0.1, -0.05) is 54.6 Å². The Balaban J connectivity index is 1.42. The van der Waals surface area contributed by atoms with Crippen molar-refractivity contribution in [2.45, 2.75) is 107 Å². The lowest BCUT2D eigenvalue weighted by atomic mass is 9.79. The third-order valence-corrected chi connectivity index (χ3v) is 13.6. The van der Waals surface area contributed by atoms with E-state index < -0.39 is 54.6 Å². The molecule has 2 aliphatic carbocycles. The Morgan fingerprint density at radius 1 is 0.947 bits per heavy atom. The van der Waals surface area contributed by atoms with Gasteiger partial charge in [0.05, 0.1) is 33.3 Å². The summed E-state index contributed by atoms with van der Waals surface area (Å²) in [6.07, 6.45) is -0.449. The number of rotatable bonds is 16. The molecule has 2 heterocycles. The summed E-state index contributed by atoms with van der Waals surface area (Å²) in [6, 6.07) is 26.8. The van der Waals surface area contributed by atoms with Crippen molar-refractivity contribution >= 4 is 8.53 Å². The molecule has 6 atom stereocenters. The van der Waals surface area contributed by atoms with Gasteiger partial charge in [0.25, 0.3) is 14.1 Å². The molecule has 1 aromatic heterocycles. The van der Waals surface area contributed by atoms with Crippen molar-refractivity contribution in [3.63, 3.8) is 0 Å². The second-order valence-electron chi connectivity index (χ2n) is 15.7. The molecule has 57 heavy (non-hydrogen) atoms. The molecule has 3 aromatic carbocycles. The highest BCUT2D eigenvalue weighted by atomic mass is 31.2. The molecule has 1 aliphatic heterocycles. The lowest BCUT2D eigenvalue weighted by Crippen LogP contribution is -2.50. The number of aromatic nitrogens is 2. The molecule has 12 nitrogen and oxygen atoms in total. The number of halogens is 1. The van der Waals surface area contributed by atoms with Crippen LogP contribution in [-0.4, -0.2) is 70.1 Å². The summed E-state index contributed by atoms with van der Waals surface area (Å²) in [6.45, 7) is 9.84. The fourth-order valence-electron chi connectivity index (χ4n) is 8.79. The number of aryl methyl sites for hydroxylation is 1. The number of fused-ring (bicyclic) bond motifs is 3. The number of methoxy groups -OCH3 is 2. The van der Waals surface area contributed by atoms with Crippen LogP contribution in [0.25, 0.3) is 0 Å².